The summed E-state index contributed by atoms with van der Waals surface area (Å²) in [4.78, 5) is 22.6. The monoisotopic (exact) mass is 411 g/mol. The molecule has 1 unspecified atom stereocenters. The first-order valence-corrected chi connectivity index (χ1v) is 7.56. The Labute approximate surface area is 141 Å². The first kappa shape index (κ1) is 16.2. The van der Waals surface area contributed by atoms with Gasteiger partial charge >= 0.3 is 0 Å². The molecule has 2 aromatic carbocycles. The smallest absolute Gasteiger partial charge is 0.271 e. The molecule has 1 atom stereocenters. The molecule has 0 aromatic heterocycles. The van der Waals surface area contributed by atoms with E-state index in [-0.39, 0.29) is 23.0 Å². The number of nitrogen functional groups attached to an aromatic ring is 1. The first-order chi connectivity index (χ1) is 10.4. The highest BCUT2D eigenvalue weighted by Gasteiger charge is 2.17. The average Bonchev–Trinajstić information content (AvgIpc) is 2.49. The van der Waals surface area contributed by atoms with Crippen molar-refractivity contribution in [2.24, 2.45) is 0 Å². The predicted molar refractivity (Wildman–Crippen MR) is 93.7 cm³/mol. The van der Waals surface area contributed by atoms with Gasteiger partial charge in [-0.05, 0) is 53.3 Å². The number of amides is 1. The summed E-state index contributed by atoms with van der Waals surface area (Å²) in [5.41, 5.74) is 7.03. The van der Waals surface area contributed by atoms with Gasteiger partial charge < -0.3 is 11.1 Å². The van der Waals surface area contributed by atoms with E-state index >= 15 is 0 Å². The fourth-order valence-electron chi connectivity index (χ4n) is 1.91. The lowest BCUT2D eigenvalue weighted by molar-refractivity contribution is -0.384. The molecule has 114 valence electrons. The number of carbonyl (C=O) groups excluding carboxylic acids is 1. The second-order valence-corrected chi connectivity index (χ2v) is 6.04. The van der Waals surface area contributed by atoms with E-state index in [1.165, 1.54) is 18.2 Å². The van der Waals surface area contributed by atoms with Crippen LogP contribution in [0.25, 0.3) is 0 Å². The van der Waals surface area contributed by atoms with Crippen molar-refractivity contribution in [3.63, 3.8) is 0 Å². The lowest BCUT2D eigenvalue weighted by Gasteiger charge is -2.14. The van der Waals surface area contributed by atoms with Gasteiger partial charge in [-0.25, -0.2) is 0 Å². The van der Waals surface area contributed by atoms with E-state index in [1.807, 2.05) is 24.3 Å². The van der Waals surface area contributed by atoms with Crippen LogP contribution >= 0.6 is 22.6 Å². The van der Waals surface area contributed by atoms with Gasteiger partial charge in [-0.3, -0.25) is 14.9 Å². The van der Waals surface area contributed by atoms with Gasteiger partial charge in [-0.1, -0.05) is 12.1 Å². The molecule has 0 saturated carbocycles. The largest absolute Gasteiger partial charge is 0.397 e. The summed E-state index contributed by atoms with van der Waals surface area (Å²) >= 11 is 2.19. The molecule has 0 spiro atoms. The lowest BCUT2D eigenvalue weighted by atomic mass is 10.0. The molecular formula is C15H14IN3O3. The van der Waals surface area contributed by atoms with E-state index in [4.69, 9.17) is 5.73 Å². The Kier molecular flexibility index (Phi) is 4.96. The molecule has 2 rings (SSSR count). The number of benzene rings is 2. The van der Waals surface area contributed by atoms with Gasteiger partial charge in [0.05, 0.1) is 22.2 Å². The van der Waals surface area contributed by atoms with Gasteiger partial charge in [-0.15, -0.1) is 0 Å². The molecule has 22 heavy (non-hydrogen) atoms. The minimum Gasteiger partial charge on any atom is -0.397 e. The maximum Gasteiger partial charge on any atom is 0.271 e. The van der Waals surface area contributed by atoms with Gasteiger partial charge in [0, 0.05) is 15.7 Å². The number of anilines is 2. The van der Waals surface area contributed by atoms with Crippen LogP contribution in [0.5, 0.6) is 0 Å². The summed E-state index contributed by atoms with van der Waals surface area (Å²) < 4.78 is 1.08. The molecule has 1 amide bonds. The predicted octanol–water partition coefficient (Wildman–Crippen LogP) is 3.52. The Morgan fingerprint density at radius 2 is 1.91 bits per heavy atom. The first-order valence-electron chi connectivity index (χ1n) is 6.48. The minimum absolute atomic E-state index is 0.119. The third kappa shape index (κ3) is 3.73. The number of nitrogens with two attached hydrogens (primary N) is 1. The molecule has 0 aliphatic rings. The third-order valence-corrected chi connectivity index (χ3v) is 3.99. The fraction of sp³-hybridized carbons (Fsp3) is 0.133. The van der Waals surface area contributed by atoms with Crippen molar-refractivity contribution in [3.05, 3.63) is 61.7 Å². The highest BCUT2D eigenvalue weighted by molar-refractivity contribution is 14.1. The highest BCUT2D eigenvalue weighted by atomic mass is 127. The number of rotatable bonds is 4. The van der Waals surface area contributed by atoms with Gasteiger partial charge in [0.1, 0.15) is 0 Å². The van der Waals surface area contributed by atoms with Crippen LogP contribution in [-0.2, 0) is 4.79 Å². The quantitative estimate of drug-likeness (QED) is 0.348. The summed E-state index contributed by atoms with van der Waals surface area (Å²) in [6.45, 7) is 1.77. The van der Waals surface area contributed by atoms with Crippen LogP contribution in [0.4, 0.5) is 17.1 Å². The summed E-state index contributed by atoms with van der Waals surface area (Å²) in [6.07, 6.45) is 0. The Morgan fingerprint density at radius 3 is 2.50 bits per heavy atom. The number of nitro benzene ring substituents is 1. The van der Waals surface area contributed by atoms with Crippen LogP contribution < -0.4 is 11.1 Å². The number of halogens is 1. The molecule has 0 aliphatic carbocycles. The van der Waals surface area contributed by atoms with Crippen LogP contribution in [-0.4, -0.2) is 10.8 Å². The highest BCUT2D eigenvalue weighted by Crippen LogP contribution is 2.26. The molecule has 0 bridgehead atoms. The van der Waals surface area contributed by atoms with Crippen molar-refractivity contribution in [2.45, 2.75) is 12.8 Å². The molecule has 0 aliphatic heterocycles. The number of nitrogens with zero attached hydrogens (tertiary/aromatic N) is 1. The maximum absolute atomic E-state index is 12.3. The SMILES string of the molecule is CC(C(=O)Nc1cc([N+](=O)[O-])ccc1N)c1ccc(I)cc1. The van der Waals surface area contributed by atoms with E-state index in [0.29, 0.717) is 0 Å². The van der Waals surface area contributed by atoms with E-state index in [9.17, 15) is 14.9 Å². The summed E-state index contributed by atoms with van der Waals surface area (Å²) in [6, 6.07) is 11.6. The number of hydrogen-bond acceptors (Lipinski definition) is 4. The van der Waals surface area contributed by atoms with Crippen LogP contribution in [0, 0.1) is 13.7 Å². The fourth-order valence-corrected chi connectivity index (χ4v) is 2.27. The summed E-state index contributed by atoms with van der Waals surface area (Å²) in [5.74, 6) is -0.663. The zero-order valence-electron chi connectivity index (χ0n) is 11.7. The van der Waals surface area contributed by atoms with Crippen LogP contribution in [0.3, 0.4) is 0 Å². The molecule has 0 radical (unpaired) electrons. The zero-order valence-corrected chi connectivity index (χ0v) is 13.9. The van der Waals surface area contributed by atoms with Crippen molar-refractivity contribution < 1.29 is 9.72 Å². The molecule has 0 saturated heterocycles. The Balaban J connectivity index is 2.19. The summed E-state index contributed by atoms with van der Waals surface area (Å²) in [7, 11) is 0. The van der Waals surface area contributed by atoms with E-state index in [1.54, 1.807) is 6.92 Å². The third-order valence-electron chi connectivity index (χ3n) is 3.27. The van der Waals surface area contributed by atoms with Crippen molar-refractivity contribution in [3.8, 4) is 0 Å². The second kappa shape index (κ2) is 6.73. The normalized spacial score (nSPS) is 11.7. The van der Waals surface area contributed by atoms with Gasteiger partial charge in [-0.2, -0.15) is 0 Å². The standard InChI is InChI=1S/C15H14IN3O3/c1-9(10-2-4-11(16)5-3-10)15(20)18-14-8-12(19(21)22)6-7-13(14)17/h2-9H,17H2,1H3,(H,18,20). The van der Waals surface area contributed by atoms with E-state index in [0.717, 1.165) is 9.13 Å². The molecular weight excluding hydrogens is 397 g/mol. The number of hydrogen-bond donors (Lipinski definition) is 2. The van der Waals surface area contributed by atoms with Gasteiger partial charge in [0.2, 0.25) is 5.91 Å². The molecule has 6 nitrogen and oxygen atoms in total. The van der Waals surface area contributed by atoms with Gasteiger partial charge in [0.25, 0.3) is 5.69 Å². The topological polar surface area (TPSA) is 98.3 Å². The number of nitrogens with one attached hydrogen (secondary N) is 1. The van der Waals surface area contributed by atoms with Crippen molar-refractivity contribution in [1.29, 1.82) is 0 Å². The second-order valence-electron chi connectivity index (χ2n) is 4.79. The minimum atomic E-state index is -0.530. The molecule has 2 aromatic rings. The lowest BCUT2D eigenvalue weighted by Crippen LogP contribution is -2.19. The number of non-ortho nitro benzene ring substituents is 1. The van der Waals surface area contributed by atoms with E-state index < -0.39 is 10.8 Å². The Morgan fingerprint density at radius 1 is 1.27 bits per heavy atom. The summed E-state index contributed by atoms with van der Waals surface area (Å²) in [5, 5.41) is 13.4. The molecule has 0 heterocycles. The average molecular weight is 411 g/mol. The maximum atomic E-state index is 12.3. The number of nitro groups is 1. The van der Waals surface area contributed by atoms with Crippen LogP contribution in [0.2, 0.25) is 0 Å². The Hall–Kier alpha value is -2.16. The number of carbonyl (C=O) groups is 1. The molecule has 0 fully saturated rings. The van der Waals surface area contributed by atoms with Crippen molar-refractivity contribution in [1.82, 2.24) is 0 Å². The van der Waals surface area contributed by atoms with Gasteiger partial charge in [0.15, 0.2) is 0 Å². The van der Waals surface area contributed by atoms with Crippen LogP contribution in [0.15, 0.2) is 42.5 Å². The molecule has 7 heteroatoms. The van der Waals surface area contributed by atoms with E-state index in [2.05, 4.69) is 27.9 Å². The Bertz CT molecular complexity index is 716. The zero-order chi connectivity index (χ0) is 16.3. The van der Waals surface area contributed by atoms with Crippen molar-refractivity contribution in [2.75, 3.05) is 11.1 Å². The van der Waals surface area contributed by atoms with Crippen LogP contribution in [0.1, 0.15) is 18.4 Å². The molecule has 3 N–H and O–H groups in total. The van der Waals surface area contributed by atoms with Crippen molar-refractivity contribution >= 4 is 45.6 Å².